The van der Waals surface area contributed by atoms with Crippen LogP contribution in [0.5, 0.6) is 0 Å². The molecule has 4 N–H and O–H groups in total. The quantitative estimate of drug-likeness (QED) is 0.724. The Hall–Kier alpha value is -2.37. The Labute approximate surface area is 141 Å². The Morgan fingerprint density at radius 3 is 2.38 bits per heavy atom. The molecule has 0 spiro atoms. The molecule has 0 unspecified atom stereocenters. The van der Waals surface area contributed by atoms with Crippen LogP contribution in [0.2, 0.25) is 0 Å². The lowest BCUT2D eigenvalue weighted by Gasteiger charge is -2.20. The fourth-order valence-electron chi connectivity index (χ4n) is 3.93. The average molecular weight is 329 g/mol. The molecule has 128 valence electrons. The van der Waals surface area contributed by atoms with Crippen LogP contribution in [0, 0.1) is 17.8 Å². The number of benzene rings is 1. The van der Waals surface area contributed by atoms with E-state index < -0.39 is 5.91 Å². The molecule has 6 nitrogen and oxygen atoms in total. The van der Waals surface area contributed by atoms with Crippen LogP contribution in [0.15, 0.2) is 24.3 Å². The lowest BCUT2D eigenvalue weighted by molar-refractivity contribution is -0.126. The Bertz CT molecular complexity index is 641. The van der Waals surface area contributed by atoms with E-state index in [4.69, 9.17) is 5.73 Å². The van der Waals surface area contributed by atoms with Gasteiger partial charge in [0.25, 0.3) is 5.91 Å². The molecule has 1 aromatic rings. The summed E-state index contributed by atoms with van der Waals surface area (Å²) in [6.45, 7) is 0.288. The van der Waals surface area contributed by atoms with E-state index in [1.54, 1.807) is 24.3 Å². The van der Waals surface area contributed by atoms with Crippen LogP contribution in [0.1, 0.15) is 41.6 Å². The van der Waals surface area contributed by atoms with Crippen molar-refractivity contribution in [2.75, 3.05) is 6.54 Å². The molecule has 2 aliphatic rings. The molecule has 2 bridgehead atoms. The first-order valence-corrected chi connectivity index (χ1v) is 8.46. The second kappa shape index (κ2) is 7.03. The van der Waals surface area contributed by atoms with E-state index in [-0.39, 0.29) is 24.3 Å². The molecule has 3 rings (SSSR count). The first-order valence-electron chi connectivity index (χ1n) is 8.46. The highest BCUT2D eigenvalue weighted by Gasteiger charge is 2.42. The van der Waals surface area contributed by atoms with Gasteiger partial charge in [-0.2, -0.15) is 0 Å². The van der Waals surface area contributed by atoms with Crippen LogP contribution in [-0.2, 0) is 16.1 Å². The highest BCUT2D eigenvalue weighted by atomic mass is 16.2. The third-order valence-electron chi connectivity index (χ3n) is 5.18. The highest BCUT2D eigenvalue weighted by molar-refractivity contribution is 5.96. The molecule has 3 amide bonds. The number of carbonyl (C=O) groups excluding carboxylic acids is 3. The molecule has 2 saturated carbocycles. The van der Waals surface area contributed by atoms with E-state index in [2.05, 4.69) is 10.6 Å². The minimum Gasteiger partial charge on any atom is -0.368 e. The van der Waals surface area contributed by atoms with Gasteiger partial charge in [0.2, 0.25) is 11.8 Å². The third kappa shape index (κ3) is 3.75. The van der Waals surface area contributed by atoms with Crippen LogP contribution in [0.25, 0.3) is 0 Å². The number of hydrogen-bond donors (Lipinski definition) is 3. The molecule has 0 radical (unpaired) electrons. The van der Waals surface area contributed by atoms with Gasteiger partial charge >= 0.3 is 0 Å². The van der Waals surface area contributed by atoms with Crippen molar-refractivity contribution in [3.8, 4) is 0 Å². The van der Waals surface area contributed by atoms with Gasteiger partial charge in [-0.3, -0.25) is 14.4 Å². The van der Waals surface area contributed by atoms with Gasteiger partial charge in [-0.25, -0.2) is 0 Å². The lowest BCUT2D eigenvalue weighted by Crippen LogP contribution is -2.33. The zero-order valence-corrected chi connectivity index (χ0v) is 13.6. The first kappa shape index (κ1) is 16.5. The summed E-state index contributed by atoms with van der Waals surface area (Å²) in [5, 5.41) is 5.45. The SMILES string of the molecule is NC(=O)CNC(=O)c1ccc(CNC(=O)[C@@H]2C[C@H]3CC[C@@H]2C3)cc1. The summed E-state index contributed by atoms with van der Waals surface area (Å²) in [6, 6.07) is 6.96. The van der Waals surface area contributed by atoms with Crippen molar-refractivity contribution in [1.82, 2.24) is 10.6 Å². The van der Waals surface area contributed by atoms with Crippen molar-refractivity contribution < 1.29 is 14.4 Å². The summed E-state index contributed by atoms with van der Waals surface area (Å²) in [7, 11) is 0. The zero-order valence-electron chi connectivity index (χ0n) is 13.6. The molecule has 2 fully saturated rings. The van der Waals surface area contributed by atoms with Gasteiger partial charge in [-0.1, -0.05) is 18.6 Å². The van der Waals surface area contributed by atoms with E-state index in [1.807, 2.05) is 0 Å². The van der Waals surface area contributed by atoms with Crippen LogP contribution >= 0.6 is 0 Å². The van der Waals surface area contributed by atoms with Crippen molar-refractivity contribution in [2.24, 2.45) is 23.5 Å². The van der Waals surface area contributed by atoms with Crippen LogP contribution in [-0.4, -0.2) is 24.3 Å². The standard InChI is InChI=1S/C18H23N3O3/c19-16(22)10-21-17(23)13-4-1-11(2-5-13)9-20-18(24)15-8-12-3-6-14(15)7-12/h1-2,4-5,12,14-15H,3,6-10H2,(H2,19,22)(H,20,24)(H,21,23)/t12-,14+,15+/m0/s1. The van der Waals surface area contributed by atoms with Gasteiger partial charge in [0, 0.05) is 18.0 Å². The van der Waals surface area contributed by atoms with Crippen molar-refractivity contribution in [3.63, 3.8) is 0 Å². The summed E-state index contributed by atoms with van der Waals surface area (Å²) < 4.78 is 0. The van der Waals surface area contributed by atoms with E-state index >= 15 is 0 Å². The van der Waals surface area contributed by atoms with E-state index in [9.17, 15) is 14.4 Å². The first-order chi connectivity index (χ1) is 11.5. The summed E-state index contributed by atoms with van der Waals surface area (Å²) in [5.41, 5.74) is 6.39. The molecule has 3 atom stereocenters. The Balaban J connectivity index is 1.48. The number of nitrogens with two attached hydrogens (primary N) is 1. The Kier molecular flexibility index (Phi) is 4.83. The van der Waals surface area contributed by atoms with Gasteiger partial charge < -0.3 is 16.4 Å². The average Bonchev–Trinajstić information content (AvgIpc) is 3.21. The number of hydrogen-bond acceptors (Lipinski definition) is 3. The minimum atomic E-state index is -0.580. The van der Waals surface area contributed by atoms with Gasteiger partial charge in [0.05, 0.1) is 6.54 Å². The Morgan fingerprint density at radius 2 is 1.79 bits per heavy atom. The molecule has 1 aromatic carbocycles. The number of fused-ring (bicyclic) bond motifs is 2. The van der Waals surface area contributed by atoms with E-state index in [0.29, 0.717) is 18.0 Å². The van der Waals surface area contributed by atoms with Crippen LogP contribution in [0.4, 0.5) is 0 Å². The topological polar surface area (TPSA) is 101 Å². The number of nitrogens with one attached hydrogen (secondary N) is 2. The predicted molar refractivity (Wildman–Crippen MR) is 88.8 cm³/mol. The maximum Gasteiger partial charge on any atom is 0.251 e. The van der Waals surface area contributed by atoms with Crippen molar-refractivity contribution in [1.29, 1.82) is 0 Å². The predicted octanol–water partition coefficient (Wildman–Crippen LogP) is 0.954. The number of rotatable bonds is 6. The summed E-state index contributed by atoms with van der Waals surface area (Å²) in [4.78, 5) is 34.8. The lowest BCUT2D eigenvalue weighted by atomic mass is 9.88. The Morgan fingerprint density at radius 1 is 1.04 bits per heavy atom. The van der Waals surface area contributed by atoms with E-state index in [0.717, 1.165) is 17.9 Å². The smallest absolute Gasteiger partial charge is 0.251 e. The maximum absolute atomic E-state index is 12.3. The zero-order chi connectivity index (χ0) is 17.1. The van der Waals surface area contributed by atoms with Gasteiger partial charge in [-0.05, 0) is 48.8 Å². The van der Waals surface area contributed by atoms with E-state index in [1.165, 1.54) is 19.3 Å². The minimum absolute atomic E-state index is 0.158. The molecule has 0 heterocycles. The van der Waals surface area contributed by atoms with Crippen LogP contribution in [0.3, 0.4) is 0 Å². The molecule has 0 saturated heterocycles. The summed E-state index contributed by atoms with van der Waals surface area (Å²) >= 11 is 0. The van der Waals surface area contributed by atoms with Crippen molar-refractivity contribution in [3.05, 3.63) is 35.4 Å². The monoisotopic (exact) mass is 329 g/mol. The van der Waals surface area contributed by atoms with Gasteiger partial charge in [-0.15, -0.1) is 0 Å². The fourth-order valence-corrected chi connectivity index (χ4v) is 3.93. The molecule has 0 aromatic heterocycles. The fraction of sp³-hybridized carbons (Fsp3) is 0.500. The third-order valence-corrected chi connectivity index (χ3v) is 5.18. The van der Waals surface area contributed by atoms with Gasteiger partial charge in [0.1, 0.15) is 0 Å². The van der Waals surface area contributed by atoms with Gasteiger partial charge in [0.15, 0.2) is 0 Å². The molecule has 24 heavy (non-hydrogen) atoms. The second-order valence-corrected chi connectivity index (χ2v) is 6.85. The molecule has 6 heteroatoms. The summed E-state index contributed by atoms with van der Waals surface area (Å²) in [6.07, 6.45) is 4.73. The largest absolute Gasteiger partial charge is 0.368 e. The summed E-state index contributed by atoms with van der Waals surface area (Å²) in [5.74, 6) is 0.748. The maximum atomic E-state index is 12.3. The van der Waals surface area contributed by atoms with Crippen molar-refractivity contribution in [2.45, 2.75) is 32.2 Å². The highest BCUT2D eigenvalue weighted by Crippen LogP contribution is 2.48. The normalized spacial score (nSPS) is 24.6. The van der Waals surface area contributed by atoms with Crippen LogP contribution < -0.4 is 16.4 Å². The molecule has 2 aliphatic carbocycles. The molecular weight excluding hydrogens is 306 g/mol. The second-order valence-electron chi connectivity index (χ2n) is 6.85. The molecular formula is C18H23N3O3. The molecule has 0 aliphatic heterocycles. The number of primary amides is 1. The van der Waals surface area contributed by atoms with Crippen molar-refractivity contribution >= 4 is 17.7 Å². The number of carbonyl (C=O) groups is 3. The number of amides is 3.